The van der Waals surface area contributed by atoms with Crippen molar-refractivity contribution in [2.45, 2.75) is 25.7 Å². The van der Waals surface area contributed by atoms with Crippen LogP contribution in [0, 0.1) is 11.6 Å². The highest BCUT2D eigenvalue weighted by Crippen LogP contribution is 2.32. The summed E-state index contributed by atoms with van der Waals surface area (Å²) in [5.74, 6) is -1.86. The highest BCUT2D eigenvalue weighted by atomic mass is 19.1. The third kappa shape index (κ3) is 4.23. The van der Waals surface area contributed by atoms with Crippen molar-refractivity contribution in [3.63, 3.8) is 0 Å². The van der Waals surface area contributed by atoms with Gasteiger partial charge < -0.3 is 25.4 Å². The van der Waals surface area contributed by atoms with Crippen LogP contribution in [0.5, 0.6) is 0 Å². The predicted molar refractivity (Wildman–Crippen MR) is 106 cm³/mol. The third-order valence-electron chi connectivity index (χ3n) is 4.70. The fourth-order valence-corrected chi connectivity index (χ4v) is 3.29. The first-order valence-electron chi connectivity index (χ1n) is 9.24. The van der Waals surface area contributed by atoms with Gasteiger partial charge in [-0.05, 0) is 50.2 Å². The van der Waals surface area contributed by atoms with Gasteiger partial charge in [-0.3, -0.25) is 4.79 Å². The number of nitrogens with one attached hydrogen (secondary N) is 3. The van der Waals surface area contributed by atoms with E-state index in [0.29, 0.717) is 35.8 Å². The quantitative estimate of drug-likeness (QED) is 0.662. The molecule has 1 atom stereocenters. The van der Waals surface area contributed by atoms with Crippen molar-refractivity contribution >= 4 is 28.5 Å². The minimum absolute atomic E-state index is 0.159. The zero-order valence-electron chi connectivity index (χ0n) is 16.0. The van der Waals surface area contributed by atoms with Crippen LogP contribution in [0.3, 0.4) is 0 Å². The predicted octanol–water partition coefficient (Wildman–Crippen LogP) is 3.93. The molecule has 8 heteroatoms. The van der Waals surface area contributed by atoms with Gasteiger partial charge >= 0.3 is 0 Å². The van der Waals surface area contributed by atoms with Crippen LogP contribution in [0.25, 0.3) is 5.57 Å². The van der Waals surface area contributed by atoms with Crippen molar-refractivity contribution in [3.8, 4) is 0 Å². The standard InChI is InChI=1S/C21H21F2N3O3/c1-21(2)28-11-14(29-21)9-25-19-6-4-13(8-17(19)23)24-10-16-15-7-12(22)3-5-18(15)26-20(16)27/h3-8,10,14,24-25H,9,11H2,1-2H3,(H,26,27). The van der Waals surface area contributed by atoms with Gasteiger partial charge in [-0.25, -0.2) is 8.78 Å². The van der Waals surface area contributed by atoms with E-state index >= 15 is 0 Å². The summed E-state index contributed by atoms with van der Waals surface area (Å²) in [6, 6.07) is 8.65. The Labute approximate surface area is 166 Å². The molecule has 0 saturated carbocycles. The van der Waals surface area contributed by atoms with E-state index in [1.807, 2.05) is 13.8 Å². The van der Waals surface area contributed by atoms with E-state index in [1.165, 1.54) is 30.5 Å². The van der Waals surface area contributed by atoms with Crippen molar-refractivity contribution < 1.29 is 23.0 Å². The summed E-state index contributed by atoms with van der Waals surface area (Å²) >= 11 is 0. The van der Waals surface area contributed by atoms with Gasteiger partial charge in [0.1, 0.15) is 17.7 Å². The topological polar surface area (TPSA) is 71.6 Å². The number of ether oxygens (including phenoxy) is 2. The van der Waals surface area contributed by atoms with Crippen molar-refractivity contribution in [2.24, 2.45) is 0 Å². The Balaban J connectivity index is 1.42. The Morgan fingerprint density at radius 1 is 1.24 bits per heavy atom. The average Bonchev–Trinajstić information content (AvgIpc) is 3.17. The molecule has 4 rings (SSSR count). The van der Waals surface area contributed by atoms with E-state index in [4.69, 9.17) is 9.47 Å². The fourth-order valence-electron chi connectivity index (χ4n) is 3.29. The maximum absolute atomic E-state index is 14.4. The number of hydrogen-bond donors (Lipinski definition) is 3. The lowest BCUT2D eigenvalue weighted by atomic mass is 10.1. The highest BCUT2D eigenvalue weighted by molar-refractivity contribution is 6.31. The number of hydrogen-bond acceptors (Lipinski definition) is 5. The maximum Gasteiger partial charge on any atom is 0.257 e. The molecule has 6 nitrogen and oxygen atoms in total. The fraction of sp³-hybridized carbons (Fsp3) is 0.286. The normalized spacial score (nSPS) is 21.2. The smallest absolute Gasteiger partial charge is 0.257 e. The number of amides is 1. The molecule has 1 fully saturated rings. The minimum atomic E-state index is -0.625. The summed E-state index contributed by atoms with van der Waals surface area (Å²) in [5.41, 5.74) is 2.07. The summed E-state index contributed by atoms with van der Waals surface area (Å²) in [5, 5.41) is 8.57. The molecular weight excluding hydrogens is 380 g/mol. The van der Waals surface area contributed by atoms with Crippen molar-refractivity contribution in [1.82, 2.24) is 0 Å². The van der Waals surface area contributed by atoms with Gasteiger partial charge in [0.2, 0.25) is 0 Å². The van der Waals surface area contributed by atoms with Gasteiger partial charge in [-0.15, -0.1) is 0 Å². The molecule has 2 aromatic carbocycles. The van der Waals surface area contributed by atoms with E-state index in [0.717, 1.165) is 0 Å². The van der Waals surface area contributed by atoms with Crippen LogP contribution in [0.2, 0.25) is 0 Å². The first kappa shape index (κ1) is 19.4. The number of carbonyl (C=O) groups is 1. The van der Waals surface area contributed by atoms with Crippen LogP contribution in [-0.4, -0.2) is 30.9 Å². The van der Waals surface area contributed by atoms with Crippen LogP contribution < -0.4 is 16.0 Å². The number of benzene rings is 2. The maximum atomic E-state index is 14.4. The SMILES string of the molecule is CC1(C)OCC(CNc2ccc(NC=C3C(=O)Nc4ccc(F)cc43)cc2F)O1. The van der Waals surface area contributed by atoms with Gasteiger partial charge in [-0.1, -0.05) is 0 Å². The van der Waals surface area contributed by atoms with Gasteiger partial charge in [0.05, 0.1) is 17.9 Å². The molecule has 2 heterocycles. The molecule has 0 spiro atoms. The Bertz CT molecular complexity index is 991. The van der Waals surface area contributed by atoms with Gasteiger partial charge in [0.25, 0.3) is 5.91 Å². The lowest BCUT2D eigenvalue weighted by molar-refractivity contribution is -0.136. The zero-order chi connectivity index (χ0) is 20.6. The molecule has 0 bridgehead atoms. The van der Waals surface area contributed by atoms with Crippen LogP contribution >= 0.6 is 0 Å². The molecule has 2 aromatic rings. The molecule has 1 amide bonds. The molecule has 1 unspecified atom stereocenters. The van der Waals surface area contributed by atoms with E-state index in [-0.39, 0.29) is 17.6 Å². The molecule has 152 valence electrons. The first-order valence-corrected chi connectivity index (χ1v) is 9.24. The Morgan fingerprint density at radius 2 is 2.07 bits per heavy atom. The van der Waals surface area contributed by atoms with E-state index in [9.17, 15) is 13.6 Å². The molecule has 29 heavy (non-hydrogen) atoms. The van der Waals surface area contributed by atoms with Crippen molar-refractivity contribution in [2.75, 3.05) is 29.1 Å². The lowest BCUT2D eigenvalue weighted by Crippen LogP contribution is -2.26. The third-order valence-corrected chi connectivity index (χ3v) is 4.70. The second kappa shape index (κ2) is 7.46. The van der Waals surface area contributed by atoms with E-state index in [1.54, 1.807) is 12.1 Å². The number of carbonyl (C=O) groups excluding carboxylic acids is 1. The average molecular weight is 401 g/mol. The van der Waals surface area contributed by atoms with Crippen LogP contribution in [0.15, 0.2) is 42.6 Å². The van der Waals surface area contributed by atoms with Crippen LogP contribution in [0.1, 0.15) is 19.4 Å². The minimum Gasteiger partial charge on any atom is -0.380 e. The summed E-state index contributed by atoms with van der Waals surface area (Å²) in [7, 11) is 0. The molecule has 2 aliphatic heterocycles. The summed E-state index contributed by atoms with van der Waals surface area (Å²) < 4.78 is 39.1. The van der Waals surface area contributed by atoms with Gasteiger partial charge in [0, 0.05) is 29.7 Å². The Hall–Kier alpha value is -2.97. The lowest BCUT2D eigenvalue weighted by Gasteiger charge is -2.17. The number of anilines is 3. The number of fused-ring (bicyclic) bond motifs is 1. The highest BCUT2D eigenvalue weighted by Gasteiger charge is 2.32. The second-order valence-electron chi connectivity index (χ2n) is 7.37. The van der Waals surface area contributed by atoms with Crippen molar-refractivity contribution in [1.29, 1.82) is 0 Å². The zero-order valence-corrected chi connectivity index (χ0v) is 16.0. The summed E-state index contributed by atoms with van der Waals surface area (Å²) in [6.07, 6.45) is 1.28. The van der Waals surface area contributed by atoms with Crippen LogP contribution in [-0.2, 0) is 14.3 Å². The monoisotopic (exact) mass is 401 g/mol. The Kier molecular flexibility index (Phi) is 4.97. The largest absolute Gasteiger partial charge is 0.380 e. The van der Waals surface area contributed by atoms with Crippen molar-refractivity contribution in [3.05, 3.63) is 59.8 Å². The van der Waals surface area contributed by atoms with E-state index < -0.39 is 17.4 Å². The number of halogens is 2. The van der Waals surface area contributed by atoms with Gasteiger partial charge in [0.15, 0.2) is 5.79 Å². The summed E-state index contributed by atoms with van der Waals surface area (Å²) in [4.78, 5) is 12.1. The van der Waals surface area contributed by atoms with E-state index in [2.05, 4.69) is 16.0 Å². The molecule has 2 aliphatic rings. The molecular formula is C21H21F2N3O3. The molecule has 3 N–H and O–H groups in total. The second-order valence-corrected chi connectivity index (χ2v) is 7.37. The Morgan fingerprint density at radius 3 is 2.79 bits per heavy atom. The molecule has 0 radical (unpaired) electrons. The van der Waals surface area contributed by atoms with Gasteiger partial charge in [-0.2, -0.15) is 0 Å². The molecule has 0 aromatic heterocycles. The number of rotatable bonds is 5. The van der Waals surface area contributed by atoms with Crippen LogP contribution in [0.4, 0.5) is 25.8 Å². The first-order chi connectivity index (χ1) is 13.8. The summed E-state index contributed by atoms with van der Waals surface area (Å²) in [6.45, 7) is 4.53. The molecule has 1 saturated heterocycles. The molecule has 0 aliphatic carbocycles.